The van der Waals surface area contributed by atoms with Crippen LogP contribution in [0.4, 0.5) is 5.69 Å². The monoisotopic (exact) mass is 230 g/mol. The van der Waals surface area contributed by atoms with Crippen LogP contribution in [-0.2, 0) is 6.61 Å². The summed E-state index contributed by atoms with van der Waals surface area (Å²) in [7, 11) is 0. The standard InChI is InChI=1S/C13H14N2O2/c1-9-6-7-11(14)13(15-9)17-12-5-3-2-4-10(12)8-16/h2-7,16H,8,14H2,1H3. The molecule has 4 heteroatoms. The maximum atomic E-state index is 9.19. The second-order valence-electron chi connectivity index (χ2n) is 3.71. The molecule has 88 valence electrons. The van der Waals surface area contributed by atoms with Crippen molar-refractivity contribution in [2.75, 3.05) is 5.73 Å². The molecule has 0 amide bonds. The van der Waals surface area contributed by atoms with E-state index in [0.717, 1.165) is 5.69 Å². The zero-order chi connectivity index (χ0) is 12.3. The van der Waals surface area contributed by atoms with Crippen LogP contribution < -0.4 is 10.5 Å². The highest BCUT2D eigenvalue weighted by molar-refractivity contribution is 5.50. The summed E-state index contributed by atoms with van der Waals surface area (Å²) in [5, 5.41) is 9.19. The molecule has 0 aliphatic heterocycles. The van der Waals surface area contributed by atoms with Crippen molar-refractivity contribution in [3.05, 3.63) is 47.7 Å². The third kappa shape index (κ3) is 2.54. The van der Waals surface area contributed by atoms with Gasteiger partial charge in [-0.25, -0.2) is 4.98 Å². The lowest BCUT2D eigenvalue weighted by Gasteiger charge is -2.10. The number of aryl methyl sites for hydroxylation is 1. The summed E-state index contributed by atoms with van der Waals surface area (Å²) in [6, 6.07) is 10.8. The van der Waals surface area contributed by atoms with Gasteiger partial charge in [0.1, 0.15) is 5.75 Å². The fourth-order valence-electron chi connectivity index (χ4n) is 1.46. The number of aliphatic hydroxyl groups is 1. The van der Waals surface area contributed by atoms with Crippen molar-refractivity contribution in [3.8, 4) is 11.6 Å². The number of pyridine rings is 1. The molecule has 17 heavy (non-hydrogen) atoms. The molecule has 0 spiro atoms. The predicted octanol–water partition coefficient (Wildman–Crippen LogP) is 2.26. The Morgan fingerprint density at radius 1 is 1.24 bits per heavy atom. The number of nitrogen functional groups attached to an aromatic ring is 1. The van der Waals surface area contributed by atoms with Gasteiger partial charge < -0.3 is 15.6 Å². The number of anilines is 1. The van der Waals surface area contributed by atoms with Crippen LogP contribution in [0.1, 0.15) is 11.3 Å². The van der Waals surface area contributed by atoms with Crippen LogP contribution in [0.3, 0.4) is 0 Å². The minimum absolute atomic E-state index is 0.0815. The largest absolute Gasteiger partial charge is 0.437 e. The van der Waals surface area contributed by atoms with Gasteiger partial charge in [0.05, 0.1) is 12.3 Å². The van der Waals surface area contributed by atoms with E-state index in [4.69, 9.17) is 10.5 Å². The quantitative estimate of drug-likeness (QED) is 0.848. The minimum Gasteiger partial charge on any atom is -0.437 e. The third-order valence-corrected chi connectivity index (χ3v) is 2.38. The van der Waals surface area contributed by atoms with Gasteiger partial charge >= 0.3 is 0 Å². The van der Waals surface area contributed by atoms with Gasteiger partial charge in [-0.15, -0.1) is 0 Å². The highest BCUT2D eigenvalue weighted by atomic mass is 16.5. The number of benzene rings is 1. The molecule has 0 fully saturated rings. The number of aliphatic hydroxyl groups excluding tert-OH is 1. The minimum atomic E-state index is -0.0815. The number of nitrogens with two attached hydrogens (primary N) is 1. The molecule has 0 aliphatic carbocycles. The van der Waals surface area contributed by atoms with Gasteiger partial charge in [0.25, 0.3) is 0 Å². The molecule has 2 aromatic rings. The Morgan fingerprint density at radius 3 is 2.76 bits per heavy atom. The number of para-hydroxylation sites is 1. The molecule has 2 rings (SSSR count). The number of hydrogen-bond donors (Lipinski definition) is 2. The van der Waals surface area contributed by atoms with Crippen LogP contribution >= 0.6 is 0 Å². The van der Waals surface area contributed by atoms with Gasteiger partial charge in [-0.2, -0.15) is 0 Å². The third-order valence-electron chi connectivity index (χ3n) is 2.38. The Kier molecular flexibility index (Phi) is 3.25. The molecule has 1 aromatic carbocycles. The van der Waals surface area contributed by atoms with E-state index in [1.54, 1.807) is 18.2 Å². The Balaban J connectivity index is 2.34. The van der Waals surface area contributed by atoms with Gasteiger partial charge in [-0.3, -0.25) is 0 Å². The van der Waals surface area contributed by atoms with Crippen LogP contribution in [0, 0.1) is 6.92 Å². The normalized spacial score (nSPS) is 10.2. The molecule has 3 N–H and O–H groups in total. The van der Waals surface area contributed by atoms with E-state index in [9.17, 15) is 5.11 Å². The SMILES string of the molecule is Cc1ccc(N)c(Oc2ccccc2CO)n1. The van der Waals surface area contributed by atoms with E-state index in [0.29, 0.717) is 22.9 Å². The number of hydrogen-bond acceptors (Lipinski definition) is 4. The molecular formula is C13H14N2O2. The maximum absolute atomic E-state index is 9.19. The molecule has 0 atom stereocenters. The molecule has 0 aliphatic rings. The number of aromatic nitrogens is 1. The summed E-state index contributed by atoms with van der Waals surface area (Å²) in [5.74, 6) is 0.936. The lowest BCUT2D eigenvalue weighted by molar-refractivity contribution is 0.276. The Morgan fingerprint density at radius 2 is 2.00 bits per heavy atom. The molecule has 0 bridgehead atoms. The second kappa shape index (κ2) is 4.84. The Hall–Kier alpha value is -2.07. The van der Waals surface area contributed by atoms with Crippen molar-refractivity contribution in [3.63, 3.8) is 0 Å². The highest BCUT2D eigenvalue weighted by Gasteiger charge is 2.07. The first-order valence-electron chi connectivity index (χ1n) is 5.30. The van der Waals surface area contributed by atoms with Crippen LogP contribution in [0.5, 0.6) is 11.6 Å². The Labute approximate surface area is 99.7 Å². The van der Waals surface area contributed by atoms with Gasteiger partial charge in [0.15, 0.2) is 0 Å². The van der Waals surface area contributed by atoms with Crippen molar-refractivity contribution >= 4 is 5.69 Å². The second-order valence-corrected chi connectivity index (χ2v) is 3.71. The number of nitrogens with zero attached hydrogens (tertiary/aromatic N) is 1. The smallest absolute Gasteiger partial charge is 0.242 e. The first-order valence-corrected chi connectivity index (χ1v) is 5.30. The first kappa shape index (κ1) is 11.4. The number of rotatable bonds is 3. The molecule has 0 saturated carbocycles. The summed E-state index contributed by atoms with van der Waals surface area (Å²) in [4.78, 5) is 4.21. The van der Waals surface area contributed by atoms with Crippen LogP contribution in [0.2, 0.25) is 0 Å². The van der Waals surface area contributed by atoms with E-state index in [1.807, 2.05) is 25.1 Å². The van der Waals surface area contributed by atoms with Crippen LogP contribution in [0.15, 0.2) is 36.4 Å². The van der Waals surface area contributed by atoms with Crippen molar-refractivity contribution in [2.24, 2.45) is 0 Å². The van der Waals surface area contributed by atoms with Crippen molar-refractivity contribution in [2.45, 2.75) is 13.5 Å². The van der Waals surface area contributed by atoms with E-state index in [1.165, 1.54) is 0 Å². The van der Waals surface area contributed by atoms with Gasteiger partial charge in [-0.05, 0) is 25.1 Å². The topological polar surface area (TPSA) is 68.4 Å². The van der Waals surface area contributed by atoms with E-state index in [-0.39, 0.29) is 6.61 Å². The van der Waals surface area contributed by atoms with Crippen LogP contribution in [0.25, 0.3) is 0 Å². The fraction of sp³-hybridized carbons (Fsp3) is 0.154. The zero-order valence-electron chi connectivity index (χ0n) is 9.55. The first-order chi connectivity index (χ1) is 8.20. The molecule has 1 aromatic heterocycles. The summed E-state index contributed by atoms with van der Waals surface area (Å²) >= 11 is 0. The summed E-state index contributed by atoms with van der Waals surface area (Å²) < 4.78 is 5.62. The maximum Gasteiger partial charge on any atom is 0.242 e. The van der Waals surface area contributed by atoms with Crippen molar-refractivity contribution in [1.82, 2.24) is 4.98 Å². The highest BCUT2D eigenvalue weighted by Crippen LogP contribution is 2.27. The van der Waals surface area contributed by atoms with Gasteiger partial charge in [0.2, 0.25) is 5.88 Å². The van der Waals surface area contributed by atoms with E-state index >= 15 is 0 Å². The predicted molar refractivity (Wildman–Crippen MR) is 65.8 cm³/mol. The molecule has 0 unspecified atom stereocenters. The zero-order valence-corrected chi connectivity index (χ0v) is 9.55. The molecule has 0 radical (unpaired) electrons. The Bertz CT molecular complexity index is 527. The molecule has 1 heterocycles. The van der Waals surface area contributed by atoms with Crippen molar-refractivity contribution in [1.29, 1.82) is 0 Å². The summed E-state index contributed by atoms with van der Waals surface area (Å²) in [6.45, 7) is 1.78. The summed E-state index contributed by atoms with van der Waals surface area (Å²) in [6.07, 6.45) is 0. The van der Waals surface area contributed by atoms with Crippen LogP contribution in [-0.4, -0.2) is 10.1 Å². The molecule has 0 saturated heterocycles. The fourth-order valence-corrected chi connectivity index (χ4v) is 1.46. The molecule has 4 nitrogen and oxygen atoms in total. The lowest BCUT2D eigenvalue weighted by Crippen LogP contribution is -1.98. The van der Waals surface area contributed by atoms with Crippen molar-refractivity contribution < 1.29 is 9.84 Å². The average Bonchev–Trinajstić information content (AvgIpc) is 2.34. The van der Waals surface area contributed by atoms with Gasteiger partial charge in [0, 0.05) is 11.3 Å². The average molecular weight is 230 g/mol. The lowest BCUT2D eigenvalue weighted by atomic mass is 10.2. The van der Waals surface area contributed by atoms with E-state index in [2.05, 4.69) is 4.98 Å². The molecular weight excluding hydrogens is 216 g/mol. The number of ether oxygens (including phenoxy) is 1. The van der Waals surface area contributed by atoms with Gasteiger partial charge in [-0.1, -0.05) is 18.2 Å². The summed E-state index contributed by atoms with van der Waals surface area (Å²) in [5.41, 5.74) is 7.79. The van der Waals surface area contributed by atoms with E-state index < -0.39 is 0 Å².